The second-order valence-electron chi connectivity index (χ2n) is 4.40. The number of rotatable bonds is 5. The van der Waals surface area contributed by atoms with Gasteiger partial charge in [0.05, 0.1) is 16.9 Å². The lowest BCUT2D eigenvalue weighted by Gasteiger charge is -2.19. The highest BCUT2D eigenvalue weighted by Crippen LogP contribution is 2.34. The van der Waals surface area contributed by atoms with Gasteiger partial charge >= 0.3 is 12.1 Å². The molecule has 0 aliphatic carbocycles. The first-order valence-electron chi connectivity index (χ1n) is 5.83. The molecule has 9 heteroatoms. The standard InChI is InChI=1S/C12H14F3NO4S/c1-8-9(12(13,14)15)4-3-5-10(8)21(19,20)16(2)7-6-11(17)18/h3-5H,6-7H2,1-2H3,(H,17,18). The average Bonchev–Trinajstić information content (AvgIpc) is 2.34. The smallest absolute Gasteiger partial charge is 0.416 e. The molecule has 0 amide bonds. The van der Waals surface area contributed by atoms with E-state index in [1.54, 1.807) is 0 Å². The van der Waals surface area contributed by atoms with Crippen LogP contribution in [0.3, 0.4) is 0 Å². The van der Waals surface area contributed by atoms with Crippen molar-refractivity contribution in [1.29, 1.82) is 0 Å². The molecule has 21 heavy (non-hydrogen) atoms. The van der Waals surface area contributed by atoms with Crippen LogP contribution in [-0.4, -0.2) is 37.4 Å². The monoisotopic (exact) mass is 325 g/mol. The Hall–Kier alpha value is -1.61. The summed E-state index contributed by atoms with van der Waals surface area (Å²) < 4.78 is 63.5. The van der Waals surface area contributed by atoms with Gasteiger partial charge < -0.3 is 5.11 Å². The fourth-order valence-corrected chi connectivity index (χ4v) is 3.16. The first-order valence-corrected chi connectivity index (χ1v) is 7.27. The Labute approximate surface area is 120 Å². The molecule has 0 atom stereocenters. The van der Waals surface area contributed by atoms with Gasteiger partial charge in [-0.25, -0.2) is 12.7 Å². The summed E-state index contributed by atoms with van der Waals surface area (Å²) in [5, 5.41) is 8.53. The largest absolute Gasteiger partial charge is 0.481 e. The van der Waals surface area contributed by atoms with E-state index < -0.39 is 44.6 Å². The lowest BCUT2D eigenvalue weighted by molar-refractivity contribution is -0.138. The lowest BCUT2D eigenvalue weighted by Crippen LogP contribution is -2.30. The van der Waals surface area contributed by atoms with Crippen molar-refractivity contribution in [3.8, 4) is 0 Å². The van der Waals surface area contributed by atoms with Gasteiger partial charge in [-0.1, -0.05) is 6.07 Å². The molecule has 0 unspecified atom stereocenters. The van der Waals surface area contributed by atoms with E-state index >= 15 is 0 Å². The zero-order valence-electron chi connectivity index (χ0n) is 11.3. The van der Waals surface area contributed by atoms with E-state index in [4.69, 9.17) is 5.11 Å². The molecule has 0 heterocycles. The number of carbonyl (C=O) groups is 1. The molecule has 1 N–H and O–H groups in total. The predicted octanol–water partition coefficient (Wildman–Crippen LogP) is 2.11. The Morgan fingerprint density at radius 2 is 1.90 bits per heavy atom. The van der Waals surface area contributed by atoms with E-state index in [2.05, 4.69) is 0 Å². The molecule has 0 aliphatic rings. The third-order valence-corrected chi connectivity index (χ3v) is 4.92. The van der Waals surface area contributed by atoms with Gasteiger partial charge in [-0.15, -0.1) is 0 Å². The van der Waals surface area contributed by atoms with E-state index in [1.807, 2.05) is 0 Å². The normalized spacial score (nSPS) is 12.7. The van der Waals surface area contributed by atoms with Crippen LogP contribution in [0.15, 0.2) is 23.1 Å². The van der Waals surface area contributed by atoms with E-state index in [-0.39, 0.29) is 6.54 Å². The van der Waals surface area contributed by atoms with Crippen LogP contribution in [-0.2, 0) is 21.0 Å². The molecule has 1 aromatic carbocycles. The number of sulfonamides is 1. The first-order chi connectivity index (χ1) is 9.48. The number of halogens is 3. The molecule has 0 aliphatic heterocycles. The summed E-state index contributed by atoms with van der Waals surface area (Å²) in [4.78, 5) is 9.97. The zero-order valence-corrected chi connectivity index (χ0v) is 12.1. The van der Waals surface area contributed by atoms with Gasteiger partial charge in [-0.2, -0.15) is 13.2 Å². The topological polar surface area (TPSA) is 74.7 Å². The molecule has 0 spiro atoms. The molecule has 0 saturated heterocycles. The molecule has 0 fully saturated rings. The van der Waals surface area contributed by atoms with Crippen LogP contribution >= 0.6 is 0 Å². The van der Waals surface area contributed by atoms with Gasteiger partial charge in [-0.05, 0) is 24.6 Å². The summed E-state index contributed by atoms with van der Waals surface area (Å²) in [7, 11) is -3.06. The molecule has 0 bridgehead atoms. The van der Waals surface area contributed by atoms with Gasteiger partial charge in [0.1, 0.15) is 0 Å². The molecule has 0 aromatic heterocycles. The SMILES string of the molecule is Cc1c(C(F)(F)F)cccc1S(=O)(=O)N(C)CCC(=O)O. The number of alkyl halides is 3. The lowest BCUT2D eigenvalue weighted by atomic mass is 10.1. The van der Waals surface area contributed by atoms with Gasteiger partial charge in [0.15, 0.2) is 0 Å². The van der Waals surface area contributed by atoms with E-state index in [9.17, 15) is 26.4 Å². The highest BCUT2D eigenvalue weighted by Gasteiger charge is 2.35. The Morgan fingerprint density at radius 1 is 1.33 bits per heavy atom. The first kappa shape index (κ1) is 17.4. The summed E-state index contributed by atoms with van der Waals surface area (Å²) in [5.74, 6) is -1.20. The van der Waals surface area contributed by atoms with Crippen molar-refractivity contribution in [3.05, 3.63) is 29.3 Å². The van der Waals surface area contributed by atoms with Crippen molar-refractivity contribution >= 4 is 16.0 Å². The number of hydrogen-bond donors (Lipinski definition) is 1. The molecular formula is C12H14F3NO4S. The molecule has 0 radical (unpaired) electrons. The Bertz CT molecular complexity index is 640. The summed E-state index contributed by atoms with van der Waals surface area (Å²) >= 11 is 0. The second-order valence-corrected chi connectivity index (χ2v) is 6.41. The Balaban J connectivity index is 3.24. The third kappa shape index (κ3) is 3.94. The van der Waals surface area contributed by atoms with Crippen LogP contribution in [0.5, 0.6) is 0 Å². The number of carboxylic acid groups (broad SMARTS) is 1. The minimum Gasteiger partial charge on any atom is -0.481 e. The molecule has 0 saturated carbocycles. The van der Waals surface area contributed by atoms with Crippen molar-refractivity contribution in [2.45, 2.75) is 24.4 Å². The van der Waals surface area contributed by atoms with E-state index in [0.717, 1.165) is 36.5 Å². The fraction of sp³-hybridized carbons (Fsp3) is 0.417. The minimum absolute atomic E-state index is 0.326. The van der Waals surface area contributed by atoms with Crippen LogP contribution in [0.1, 0.15) is 17.5 Å². The maximum atomic E-state index is 12.8. The van der Waals surface area contributed by atoms with Crippen molar-refractivity contribution in [3.63, 3.8) is 0 Å². The molecular weight excluding hydrogens is 311 g/mol. The Morgan fingerprint density at radius 3 is 2.38 bits per heavy atom. The summed E-state index contributed by atoms with van der Waals surface area (Å²) in [6, 6.07) is 2.87. The van der Waals surface area contributed by atoms with Crippen LogP contribution in [0.2, 0.25) is 0 Å². The van der Waals surface area contributed by atoms with E-state index in [0.29, 0.717) is 0 Å². The second kappa shape index (κ2) is 6.02. The molecule has 1 rings (SSSR count). The maximum Gasteiger partial charge on any atom is 0.416 e. The number of nitrogens with zero attached hydrogens (tertiary/aromatic N) is 1. The van der Waals surface area contributed by atoms with Crippen LogP contribution in [0.4, 0.5) is 13.2 Å². The van der Waals surface area contributed by atoms with Crippen LogP contribution in [0, 0.1) is 6.92 Å². The number of benzene rings is 1. The fourth-order valence-electron chi connectivity index (χ4n) is 1.74. The molecule has 5 nitrogen and oxygen atoms in total. The van der Waals surface area contributed by atoms with Gasteiger partial charge in [-0.3, -0.25) is 4.79 Å². The summed E-state index contributed by atoms with van der Waals surface area (Å²) in [6.45, 7) is 0.744. The van der Waals surface area contributed by atoms with E-state index in [1.165, 1.54) is 0 Å². The van der Waals surface area contributed by atoms with Crippen molar-refractivity contribution in [2.24, 2.45) is 0 Å². The number of carboxylic acids is 1. The van der Waals surface area contributed by atoms with Crippen molar-refractivity contribution < 1.29 is 31.5 Å². The molecule has 118 valence electrons. The highest BCUT2D eigenvalue weighted by atomic mass is 32.2. The quantitative estimate of drug-likeness (QED) is 0.900. The summed E-state index contributed by atoms with van der Waals surface area (Å²) in [5.41, 5.74) is -1.44. The van der Waals surface area contributed by atoms with Gasteiger partial charge in [0, 0.05) is 13.6 Å². The highest BCUT2D eigenvalue weighted by molar-refractivity contribution is 7.89. The van der Waals surface area contributed by atoms with Crippen molar-refractivity contribution in [2.75, 3.05) is 13.6 Å². The Kier molecular flexibility index (Phi) is 5.00. The molecule has 1 aromatic rings. The maximum absolute atomic E-state index is 12.8. The van der Waals surface area contributed by atoms with Gasteiger partial charge in [0.2, 0.25) is 10.0 Å². The number of hydrogen-bond acceptors (Lipinski definition) is 3. The number of aliphatic carboxylic acids is 1. The predicted molar refractivity (Wildman–Crippen MR) is 68.2 cm³/mol. The van der Waals surface area contributed by atoms with Crippen LogP contribution < -0.4 is 0 Å². The van der Waals surface area contributed by atoms with Gasteiger partial charge in [0.25, 0.3) is 0 Å². The minimum atomic E-state index is -4.66. The third-order valence-electron chi connectivity index (χ3n) is 2.92. The average molecular weight is 325 g/mol. The zero-order chi connectivity index (χ0) is 16.4. The van der Waals surface area contributed by atoms with Crippen molar-refractivity contribution in [1.82, 2.24) is 4.31 Å². The summed E-state index contributed by atoms with van der Waals surface area (Å²) in [6.07, 6.45) is -5.09. The van der Waals surface area contributed by atoms with Crippen LogP contribution in [0.25, 0.3) is 0 Å².